The van der Waals surface area contributed by atoms with Gasteiger partial charge in [-0.15, -0.1) is 0 Å². The molecule has 3 aliphatic rings. The van der Waals surface area contributed by atoms with Crippen molar-refractivity contribution in [3.63, 3.8) is 0 Å². The number of nitrogens with zero attached hydrogens (tertiary/aromatic N) is 2. The van der Waals surface area contributed by atoms with E-state index in [2.05, 4.69) is 10.2 Å². The molecule has 1 saturated carbocycles. The number of aliphatic hydroxyl groups is 1. The molecule has 2 saturated heterocycles. The van der Waals surface area contributed by atoms with E-state index in [1.165, 1.54) is 6.42 Å². The Kier molecular flexibility index (Phi) is 7.49. The molecule has 154 valence electrons. The molecule has 7 heteroatoms. The highest BCUT2D eigenvalue weighted by atomic mass is 16.5. The first kappa shape index (κ1) is 20.6. The summed E-state index contributed by atoms with van der Waals surface area (Å²) < 4.78 is 5.36. The maximum atomic E-state index is 12.6. The minimum Gasteiger partial charge on any atom is -0.388 e. The van der Waals surface area contributed by atoms with Crippen LogP contribution in [0.1, 0.15) is 51.4 Å². The normalized spacial score (nSPS) is 26.8. The van der Waals surface area contributed by atoms with Gasteiger partial charge >= 0.3 is 0 Å². The Labute approximate surface area is 162 Å². The molecule has 0 radical (unpaired) electrons. The number of hydrogen-bond donors (Lipinski definition) is 2. The monoisotopic (exact) mass is 381 g/mol. The van der Waals surface area contributed by atoms with Crippen molar-refractivity contribution in [2.45, 2.75) is 57.0 Å². The summed E-state index contributed by atoms with van der Waals surface area (Å²) in [5.74, 6) is -0.00936. The molecule has 1 aliphatic carbocycles. The van der Waals surface area contributed by atoms with Crippen LogP contribution in [0, 0.1) is 5.92 Å². The third kappa shape index (κ3) is 6.16. The molecule has 2 N–H and O–H groups in total. The summed E-state index contributed by atoms with van der Waals surface area (Å²) in [5.41, 5.74) is -0.740. The van der Waals surface area contributed by atoms with Gasteiger partial charge in [0.05, 0.1) is 24.7 Å². The van der Waals surface area contributed by atoms with Crippen LogP contribution in [0.2, 0.25) is 0 Å². The van der Waals surface area contributed by atoms with Crippen molar-refractivity contribution in [1.82, 2.24) is 15.1 Å². The smallest absolute Gasteiger partial charge is 0.225 e. The van der Waals surface area contributed by atoms with Gasteiger partial charge in [0, 0.05) is 45.7 Å². The maximum absolute atomic E-state index is 12.6. The molecule has 1 atom stereocenters. The van der Waals surface area contributed by atoms with Crippen molar-refractivity contribution in [3.05, 3.63) is 0 Å². The van der Waals surface area contributed by atoms with E-state index in [0.717, 1.165) is 65.0 Å². The molecule has 0 aromatic heterocycles. The molecular weight excluding hydrogens is 346 g/mol. The van der Waals surface area contributed by atoms with Crippen LogP contribution in [0.25, 0.3) is 0 Å². The van der Waals surface area contributed by atoms with Crippen LogP contribution in [0.4, 0.5) is 0 Å². The van der Waals surface area contributed by atoms with Crippen LogP contribution in [0.5, 0.6) is 0 Å². The van der Waals surface area contributed by atoms with Crippen molar-refractivity contribution in [3.8, 4) is 0 Å². The fourth-order valence-corrected chi connectivity index (χ4v) is 4.44. The number of carbonyl (C=O) groups excluding carboxylic acids is 2. The number of amides is 2. The summed E-state index contributed by atoms with van der Waals surface area (Å²) in [7, 11) is 0. The number of rotatable bonds is 7. The molecule has 0 aromatic rings. The Morgan fingerprint density at radius 1 is 1.19 bits per heavy atom. The lowest BCUT2D eigenvalue weighted by molar-refractivity contribution is -0.139. The first-order valence-electron chi connectivity index (χ1n) is 10.6. The van der Waals surface area contributed by atoms with E-state index in [1.807, 2.05) is 4.90 Å². The lowest BCUT2D eigenvalue weighted by atomic mass is 9.84. The standard InChI is InChI=1S/C20H35N3O4/c24-18-6-5-17(19(25)21-16-20(26)7-2-1-3-8-20)15-23(18)10-4-9-22-11-13-27-14-12-22/h17,26H,1-16H2,(H,21,25)/t17-/m1/s1. The first-order chi connectivity index (χ1) is 13.1. The van der Waals surface area contributed by atoms with Gasteiger partial charge in [0.2, 0.25) is 11.8 Å². The van der Waals surface area contributed by atoms with Crippen molar-refractivity contribution < 1.29 is 19.4 Å². The van der Waals surface area contributed by atoms with Gasteiger partial charge in [-0.1, -0.05) is 19.3 Å². The highest BCUT2D eigenvalue weighted by Crippen LogP contribution is 2.27. The van der Waals surface area contributed by atoms with Crippen molar-refractivity contribution >= 4 is 11.8 Å². The van der Waals surface area contributed by atoms with E-state index in [0.29, 0.717) is 32.5 Å². The summed E-state index contributed by atoms with van der Waals surface area (Å²) in [6.07, 6.45) is 6.75. The maximum Gasteiger partial charge on any atom is 0.225 e. The van der Waals surface area contributed by atoms with E-state index in [4.69, 9.17) is 4.74 Å². The SMILES string of the molecule is O=C(NCC1(O)CCCCC1)[C@@H]1CCC(=O)N(CCCN2CCOCC2)C1. The molecule has 27 heavy (non-hydrogen) atoms. The van der Waals surface area contributed by atoms with E-state index < -0.39 is 5.60 Å². The molecule has 0 aromatic carbocycles. The molecular formula is C20H35N3O4. The summed E-state index contributed by atoms with van der Waals surface area (Å²) in [6, 6.07) is 0. The lowest BCUT2D eigenvalue weighted by Gasteiger charge is -2.35. The topological polar surface area (TPSA) is 82.1 Å². The van der Waals surface area contributed by atoms with Gasteiger partial charge in [0.25, 0.3) is 0 Å². The molecule has 3 rings (SSSR count). The Morgan fingerprint density at radius 2 is 1.93 bits per heavy atom. The first-order valence-corrected chi connectivity index (χ1v) is 10.6. The Bertz CT molecular complexity index is 501. The molecule has 0 unspecified atom stereocenters. The summed E-state index contributed by atoms with van der Waals surface area (Å²) in [4.78, 5) is 29.0. The largest absolute Gasteiger partial charge is 0.388 e. The van der Waals surface area contributed by atoms with Crippen molar-refractivity contribution in [2.24, 2.45) is 5.92 Å². The summed E-state index contributed by atoms with van der Waals surface area (Å²) in [5, 5.41) is 13.5. The number of likely N-dealkylation sites (tertiary alicyclic amines) is 1. The van der Waals surface area contributed by atoms with Crippen LogP contribution in [0.3, 0.4) is 0 Å². The van der Waals surface area contributed by atoms with Crippen LogP contribution in [-0.4, -0.2) is 84.8 Å². The molecule has 0 spiro atoms. The molecule has 3 fully saturated rings. The quantitative estimate of drug-likeness (QED) is 0.680. The average molecular weight is 382 g/mol. The van der Waals surface area contributed by atoms with Gasteiger partial charge in [-0.05, 0) is 25.7 Å². The zero-order valence-electron chi connectivity index (χ0n) is 16.5. The zero-order chi connectivity index (χ0) is 19.1. The fourth-order valence-electron chi connectivity index (χ4n) is 4.44. The fraction of sp³-hybridized carbons (Fsp3) is 0.900. The predicted octanol–water partition coefficient (Wildman–Crippen LogP) is 0.759. The molecule has 2 heterocycles. The van der Waals surface area contributed by atoms with Gasteiger partial charge in [-0.3, -0.25) is 14.5 Å². The third-order valence-corrected chi connectivity index (χ3v) is 6.25. The highest BCUT2D eigenvalue weighted by molar-refractivity contribution is 5.83. The lowest BCUT2D eigenvalue weighted by Crippen LogP contribution is -2.50. The number of piperidine rings is 1. The zero-order valence-corrected chi connectivity index (χ0v) is 16.5. The molecule has 2 amide bonds. The van der Waals surface area contributed by atoms with Crippen molar-refractivity contribution in [2.75, 3.05) is 52.5 Å². The van der Waals surface area contributed by atoms with Crippen LogP contribution in [0.15, 0.2) is 0 Å². The summed E-state index contributed by atoms with van der Waals surface area (Å²) in [6.45, 7) is 6.03. The van der Waals surface area contributed by atoms with E-state index in [1.54, 1.807) is 0 Å². The Balaban J connectivity index is 1.40. The summed E-state index contributed by atoms with van der Waals surface area (Å²) >= 11 is 0. The number of carbonyl (C=O) groups is 2. The van der Waals surface area contributed by atoms with Gasteiger partial charge in [-0.25, -0.2) is 0 Å². The van der Waals surface area contributed by atoms with Crippen LogP contribution in [-0.2, 0) is 14.3 Å². The second-order valence-electron chi connectivity index (χ2n) is 8.39. The second kappa shape index (κ2) is 9.85. The average Bonchev–Trinajstić information content (AvgIpc) is 2.69. The third-order valence-electron chi connectivity index (χ3n) is 6.25. The van der Waals surface area contributed by atoms with Gasteiger partial charge in [-0.2, -0.15) is 0 Å². The van der Waals surface area contributed by atoms with Crippen LogP contribution >= 0.6 is 0 Å². The predicted molar refractivity (Wildman–Crippen MR) is 102 cm³/mol. The van der Waals surface area contributed by atoms with Crippen molar-refractivity contribution in [1.29, 1.82) is 0 Å². The molecule has 2 aliphatic heterocycles. The molecule has 7 nitrogen and oxygen atoms in total. The Hall–Kier alpha value is -1.18. The van der Waals surface area contributed by atoms with E-state index in [-0.39, 0.29) is 17.7 Å². The Morgan fingerprint density at radius 3 is 2.67 bits per heavy atom. The minimum atomic E-state index is -0.740. The van der Waals surface area contributed by atoms with E-state index in [9.17, 15) is 14.7 Å². The van der Waals surface area contributed by atoms with E-state index >= 15 is 0 Å². The van der Waals surface area contributed by atoms with Gasteiger partial charge < -0.3 is 20.1 Å². The number of nitrogens with one attached hydrogen (secondary N) is 1. The minimum absolute atomic E-state index is 0.0142. The second-order valence-corrected chi connectivity index (χ2v) is 8.39. The number of hydrogen-bond acceptors (Lipinski definition) is 5. The van der Waals surface area contributed by atoms with Gasteiger partial charge in [0.15, 0.2) is 0 Å². The number of morpholine rings is 1. The molecule has 0 bridgehead atoms. The highest BCUT2D eigenvalue weighted by Gasteiger charge is 2.33. The van der Waals surface area contributed by atoms with Gasteiger partial charge in [0.1, 0.15) is 0 Å². The number of ether oxygens (including phenoxy) is 1. The van der Waals surface area contributed by atoms with Crippen LogP contribution < -0.4 is 5.32 Å².